The van der Waals surface area contributed by atoms with Gasteiger partial charge in [0.1, 0.15) is 17.3 Å². The molecule has 6 nitrogen and oxygen atoms in total. The van der Waals surface area contributed by atoms with Crippen molar-refractivity contribution in [3.8, 4) is 5.75 Å². The molecule has 0 saturated carbocycles. The third-order valence-electron chi connectivity index (χ3n) is 5.35. The lowest BCUT2D eigenvalue weighted by Gasteiger charge is -2.16. The number of para-hydroxylation sites is 1. The van der Waals surface area contributed by atoms with E-state index in [0.29, 0.717) is 17.0 Å². The highest BCUT2D eigenvalue weighted by molar-refractivity contribution is 6.46. The number of hydrogen-bond donors (Lipinski definition) is 1. The van der Waals surface area contributed by atoms with Gasteiger partial charge in [-0.05, 0) is 67.9 Å². The van der Waals surface area contributed by atoms with E-state index in [-0.39, 0.29) is 23.1 Å². The molecule has 34 heavy (non-hydrogen) atoms. The van der Waals surface area contributed by atoms with Crippen LogP contribution in [0.5, 0.6) is 5.75 Å². The average molecular weight is 460 g/mol. The summed E-state index contributed by atoms with van der Waals surface area (Å²) in [7, 11) is 3.86. The lowest BCUT2D eigenvalue weighted by molar-refractivity contribution is -0.120. The summed E-state index contributed by atoms with van der Waals surface area (Å²) in [5.41, 5.74) is 2.32. The van der Waals surface area contributed by atoms with Crippen molar-refractivity contribution in [2.45, 2.75) is 20.0 Å². The molecule has 0 aliphatic carbocycles. The Hall–Kier alpha value is -4.13. The van der Waals surface area contributed by atoms with Crippen molar-refractivity contribution < 1.29 is 18.7 Å². The van der Waals surface area contributed by atoms with Crippen LogP contribution in [-0.4, -0.2) is 32.0 Å². The van der Waals surface area contributed by atoms with Gasteiger partial charge >= 0.3 is 0 Å². The van der Waals surface area contributed by atoms with Gasteiger partial charge in [-0.3, -0.25) is 9.59 Å². The Labute approximate surface area is 198 Å². The Bertz CT molecular complexity index is 1250. The fraction of sp³-hybridized carbons (Fsp3) is 0.185. The Kier molecular flexibility index (Phi) is 6.36. The summed E-state index contributed by atoms with van der Waals surface area (Å²) < 4.78 is 20.3. The number of benzene rings is 3. The van der Waals surface area contributed by atoms with Crippen LogP contribution in [0.4, 0.5) is 21.5 Å². The second kappa shape index (κ2) is 9.39. The second-order valence-corrected chi connectivity index (χ2v) is 8.40. The smallest absolute Gasteiger partial charge is 0.282 e. The average Bonchev–Trinajstić information content (AvgIpc) is 3.04. The molecule has 7 heteroatoms. The highest BCUT2D eigenvalue weighted by Gasteiger charge is 2.41. The molecule has 1 aliphatic rings. The van der Waals surface area contributed by atoms with Crippen molar-refractivity contribution >= 4 is 34.4 Å². The number of ether oxygens (including phenoxy) is 1. The SMILES string of the molecule is CC(C)Oc1ccc(C2=C(Nc3ccc(N(C)C)cc3)C(=O)N(c3ccccc3F)C2=O)cc1. The summed E-state index contributed by atoms with van der Waals surface area (Å²) in [6.07, 6.45) is -0.00123. The quantitative estimate of drug-likeness (QED) is 0.500. The van der Waals surface area contributed by atoms with Crippen LogP contribution < -0.4 is 19.9 Å². The van der Waals surface area contributed by atoms with E-state index in [1.807, 2.05) is 57.1 Å². The number of amides is 2. The molecule has 3 aromatic carbocycles. The van der Waals surface area contributed by atoms with E-state index in [1.54, 1.807) is 30.3 Å². The number of halogens is 1. The third kappa shape index (κ3) is 4.50. The largest absolute Gasteiger partial charge is 0.491 e. The van der Waals surface area contributed by atoms with E-state index in [2.05, 4.69) is 5.32 Å². The highest BCUT2D eigenvalue weighted by Crippen LogP contribution is 2.35. The highest BCUT2D eigenvalue weighted by atomic mass is 19.1. The zero-order valence-corrected chi connectivity index (χ0v) is 19.5. The third-order valence-corrected chi connectivity index (χ3v) is 5.35. The number of hydrogen-bond acceptors (Lipinski definition) is 5. The zero-order valence-electron chi connectivity index (χ0n) is 19.5. The number of rotatable bonds is 7. The molecule has 1 N–H and O–H groups in total. The predicted molar refractivity (Wildman–Crippen MR) is 132 cm³/mol. The second-order valence-electron chi connectivity index (χ2n) is 8.40. The summed E-state index contributed by atoms with van der Waals surface area (Å²) in [6.45, 7) is 3.84. The molecule has 1 heterocycles. The minimum Gasteiger partial charge on any atom is -0.491 e. The first-order chi connectivity index (χ1) is 16.3. The summed E-state index contributed by atoms with van der Waals surface area (Å²) in [5.74, 6) is -1.22. The first-order valence-electron chi connectivity index (χ1n) is 11.0. The molecule has 3 aromatic rings. The van der Waals surface area contributed by atoms with Crippen LogP contribution in [0, 0.1) is 5.82 Å². The summed E-state index contributed by atoms with van der Waals surface area (Å²) in [5, 5.41) is 3.10. The van der Waals surface area contributed by atoms with Crippen LogP contribution in [0.3, 0.4) is 0 Å². The van der Waals surface area contributed by atoms with Crippen molar-refractivity contribution in [2.24, 2.45) is 0 Å². The van der Waals surface area contributed by atoms with Gasteiger partial charge in [0.15, 0.2) is 0 Å². The number of carbonyl (C=O) groups excluding carboxylic acids is 2. The van der Waals surface area contributed by atoms with Crippen LogP contribution >= 0.6 is 0 Å². The summed E-state index contributed by atoms with van der Waals surface area (Å²) in [6, 6.07) is 20.1. The fourth-order valence-corrected chi connectivity index (χ4v) is 3.72. The number of carbonyl (C=O) groups is 2. The van der Waals surface area contributed by atoms with Crippen LogP contribution in [0.1, 0.15) is 19.4 Å². The summed E-state index contributed by atoms with van der Waals surface area (Å²) in [4.78, 5) is 29.7. The minimum atomic E-state index is -0.652. The predicted octanol–water partition coefficient (Wildman–Crippen LogP) is 5.08. The molecule has 0 unspecified atom stereocenters. The van der Waals surface area contributed by atoms with E-state index >= 15 is 0 Å². The number of nitrogens with one attached hydrogen (secondary N) is 1. The lowest BCUT2D eigenvalue weighted by atomic mass is 10.0. The van der Waals surface area contributed by atoms with Gasteiger partial charge in [0, 0.05) is 25.5 Å². The van der Waals surface area contributed by atoms with Crippen molar-refractivity contribution in [2.75, 3.05) is 29.2 Å². The lowest BCUT2D eigenvalue weighted by Crippen LogP contribution is -2.33. The van der Waals surface area contributed by atoms with Gasteiger partial charge in [-0.15, -0.1) is 0 Å². The summed E-state index contributed by atoms with van der Waals surface area (Å²) >= 11 is 0. The molecule has 0 fully saturated rings. The molecular formula is C27H26FN3O3. The maximum absolute atomic E-state index is 14.6. The van der Waals surface area contributed by atoms with Gasteiger partial charge in [0.05, 0.1) is 17.4 Å². The van der Waals surface area contributed by atoms with Crippen LogP contribution in [-0.2, 0) is 9.59 Å². The number of nitrogens with zero attached hydrogens (tertiary/aromatic N) is 2. The number of anilines is 3. The van der Waals surface area contributed by atoms with E-state index in [9.17, 15) is 14.0 Å². The molecule has 0 atom stereocenters. The van der Waals surface area contributed by atoms with E-state index in [4.69, 9.17) is 4.74 Å². The Morgan fingerprint density at radius 3 is 2.12 bits per heavy atom. The topological polar surface area (TPSA) is 61.9 Å². The van der Waals surface area contributed by atoms with E-state index < -0.39 is 17.6 Å². The molecule has 0 saturated heterocycles. The zero-order chi connectivity index (χ0) is 24.4. The normalized spacial score (nSPS) is 13.6. The Morgan fingerprint density at radius 2 is 1.53 bits per heavy atom. The van der Waals surface area contributed by atoms with Gasteiger partial charge in [0.25, 0.3) is 11.8 Å². The van der Waals surface area contributed by atoms with Crippen molar-refractivity contribution in [3.05, 3.63) is 89.9 Å². The maximum atomic E-state index is 14.6. The Morgan fingerprint density at radius 1 is 0.882 bits per heavy atom. The van der Waals surface area contributed by atoms with E-state index in [1.165, 1.54) is 18.2 Å². The molecular weight excluding hydrogens is 433 g/mol. The standard InChI is InChI=1S/C27H26FN3O3/c1-17(2)34-21-15-9-18(10-16-21)24-25(29-19-11-13-20(14-12-19)30(3)4)27(33)31(26(24)32)23-8-6-5-7-22(23)28/h5-17,29H,1-4H3. The van der Waals surface area contributed by atoms with Crippen LogP contribution in [0.25, 0.3) is 5.57 Å². The first kappa shape index (κ1) is 23.0. The van der Waals surface area contributed by atoms with Gasteiger partial charge in [-0.25, -0.2) is 9.29 Å². The van der Waals surface area contributed by atoms with Crippen LogP contribution in [0.15, 0.2) is 78.5 Å². The molecule has 2 amide bonds. The maximum Gasteiger partial charge on any atom is 0.282 e. The monoisotopic (exact) mass is 459 g/mol. The Balaban J connectivity index is 1.77. The van der Waals surface area contributed by atoms with E-state index in [0.717, 1.165) is 10.6 Å². The van der Waals surface area contributed by atoms with Crippen molar-refractivity contribution in [1.29, 1.82) is 0 Å². The fourth-order valence-electron chi connectivity index (χ4n) is 3.72. The molecule has 0 radical (unpaired) electrons. The van der Waals surface area contributed by atoms with Gasteiger partial charge in [-0.2, -0.15) is 0 Å². The molecule has 0 bridgehead atoms. The van der Waals surface area contributed by atoms with Gasteiger partial charge in [-0.1, -0.05) is 24.3 Å². The first-order valence-corrected chi connectivity index (χ1v) is 11.0. The van der Waals surface area contributed by atoms with Crippen molar-refractivity contribution in [3.63, 3.8) is 0 Å². The molecule has 0 aromatic heterocycles. The minimum absolute atomic E-state index is 0.00123. The number of imide groups is 1. The molecule has 1 aliphatic heterocycles. The molecule has 4 rings (SSSR count). The van der Waals surface area contributed by atoms with Crippen molar-refractivity contribution in [1.82, 2.24) is 0 Å². The molecule has 0 spiro atoms. The van der Waals surface area contributed by atoms with Crippen LogP contribution in [0.2, 0.25) is 0 Å². The molecule has 174 valence electrons. The van der Waals surface area contributed by atoms with Gasteiger partial charge < -0.3 is 15.0 Å². The van der Waals surface area contributed by atoms with Gasteiger partial charge in [0.2, 0.25) is 0 Å².